The fourth-order valence-electron chi connectivity index (χ4n) is 1.52. The molecule has 1 fully saturated rings. The van der Waals surface area contributed by atoms with Gasteiger partial charge in [0.2, 0.25) is 0 Å². The van der Waals surface area contributed by atoms with Crippen molar-refractivity contribution in [2.24, 2.45) is 0 Å². The van der Waals surface area contributed by atoms with Gasteiger partial charge in [0.05, 0.1) is 0 Å². The average molecular weight is 175 g/mol. The van der Waals surface area contributed by atoms with Crippen molar-refractivity contribution in [3.63, 3.8) is 0 Å². The fourth-order valence-corrected chi connectivity index (χ4v) is 1.52. The van der Waals surface area contributed by atoms with Crippen molar-refractivity contribution in [3.05, 3.63) is 0 Å². The van der Waals surface area contributed by atoms with E-state index in [0.29, 0.717) is 13.0 Å². The van der Waals surface area contributed by atoms with Gasteiger partial charge in [0, 0.05) is 13.1 Å². The lowest BCUT2D eigenvalue weighted by Crippen LogP contribution is -2.26. The molecule has 0 saturated carbocycles. The lowest BCUT2D eigenvalue weighted by molar-refractivity contribution is 0.189. The Bertz CT molecular complexity index is 112. The van der Waals surface area contributed by atoms with E-state index >= 15 is 0 Å². The van der Waals surface area contributed by atoms with Crippen molar-refractivity contribution in [1.29, 1.82) is 0 Å². The third-order valence-electron chi connectivity index (χ3n) is 2.04. The lowest BCUT2D eigenvalue weighted by Gasteiger charge is -2.15. The van der Waals surface area contributed by atoms with Gasteiger partial charge in [-0.05, 0) is 26.3 Å². The second-order valence-corrected chi connectivity index (χ2v) is 3.44. The van der Waals surface area contributed by atoms with Gasteiger partial charge >= 0.3 is 0 Å². The number of likely N-dealkylation sites (tertiary alicyclic amines) is 1. The highest BCUT2D eigenvalue weighted by Crippen LogP contribution is 2.24. The van der Waals surface area contributed by atoms with Crippen LogP contribution in [0, 0.1) is 0 Å². The molecule has 1 aliphatic rings. The maximum absolute atomic E-state index is 13.1. The molecule has 1 saturated heterocycles. The maximum Gasteiger partial charge on any atom is 0.122 e. The van der Waals surface area contributed by atoms with Crippen LogP contribution in [0.4, 0.5) is 4.39 Å². The first kappa shape index (κ1) is 11.9. The Hall–Kier alpha value is -0.110. The minimum Gasteiger partial charge on any atom is -0.300 e. The van der Waals surface area contributed by atoms with Crippen LogP contribution in [0.3, 0.4) is 0 Å². The van der Waals surface area contributed by atoms with E-state index in [1.54, 1.807) is 6.92 Å². The molecule has 74 valence electrons. The number of hydrogen-bond acceptors (Lipinski definition) is 1. The molecule has 0 bridgehead atoms. The Morgan fingerprint density at radius 3 is 2.33 bits per heavy atom. The summed E-state index contributed by atoms with van der Waals surface area (Å²) in [7, 11) is 0. The number of hydrogen-bond donors (Lipinski definition) is 0. The first-order valence-corrected chi connectivity index (χ1v) is 5.05. The molecule has 0 aromatic heterocycles. The molecule has 1 heterocycles. The quantitative estimate of drug-likeness (QED) is 0.624. The van der Waals surface area contributed by atoms with Crippen molar-refractivity contribution in [2.75, 3.05) is 19.6 Å². The van der Waals surface area contributed by atoms with Crippen LogP contribution in [-0.4, -0.2) is 30.2 Å². The number of alkyl halides is 1. The van der Waals surface area contributed by atoms with E-state index in [1.165, 1.54) is 0 Å². The molecule has 0 radical (unpaired) electrons. The topological polar surface area (TPSA) is 3.24 Å². The summed E-state index contributed by atoms with van der Waals surface area (Å²) in [5.74, 6) is 0. The van der Waals surface area contributed by atoms with E-state index in [1.807, 2.05) is 13.8 Å². The largest absolute Gasteiger partial charge is 0.300 e. The van der Waals surface area contributed by atoms with Crippen LogP contribution in [0.15, 0.2) is 0 Å². The summed E-state index contributed by atoms with van der Waals surface area (Å²) in [6.07, 6.45) is 1.85. The van der Waals surface area contributed by atoms with E-state index in [0.717, 1.165) is 19.5 Å². The minimum atomic E-state index is -0.908. The van der Waals surface area contributed by atoms with Crippen LogP contribution >= 0.6 is 0 Å². The molecular weight excluding hydrogens is 153 g/mol. The van der Waals surface area contributed by atoms with Gasteiger partial charge in [-0.25, -0.2) is 4.39 Å². The molecule has 1 aliphatic heterocycles. The summed E-state index contributed by atoms with van der Waals surface area (Å²) in [4.78, 5) is 2.19. The smallest absolute Gasteiger partial charge is 0.122 e. The molecule has 0 N–H and O–H groups in total. The first-order valence-electron chi connectivity index (χ1n) is 5.05. The second kappa shape index (κ2) is 5.52. The van der Waals surface area contributed by atoms with Gasteiger partial charge in [-0.15, -0.1) is 0 Å². The molecular formula is C10H22FN. The highest BCUT2D eigenvalue weighted by atomic mass is 19.1. The molecule has 1 atom stereocenters. The SMILES string of the molecule is CC.CCCN1CCC(C)(F)C1. The maximum atomic E-state index is 13.1. The van der Waals surface area contributed by atoms with Gasteiger partial charge in [-0.1, -0.05) is 20.8 Å². The van der Waals surface area contributed by atoms with Crippen LogP contribution in [0.1, 0.15) is 40.5 Å². The normalized spacial score (nSPS) is 29.8. The van der Waals surface area contributed by atoms with Crippen molar-refractivity contribution >= 4 is 0 Å². The van der Waals surface area contributed by atoms with E-state index in [4.69, 9.17) is 0 Å². The molecule has 0 amide bonds. The van der Waals surface area contributed by atoms with Crippen molar-refractivity contribution in [2.45, 2.75) is 46.2 Å². The molecule has 0 aliphatic carbocycles. The highest BCUT2D eigenvalue weighted by molar-refractivity contribution is 4.85. The molecule has 0 spiro atoms. The van der Waals surface area contributed by atoms with Gasteiger partial charge in [0.1, 0.15) is 5.67 Å². The summed E-state index contributed by atoms with van der Waals surface area (Å²) in [6, 6.07) is 0. The predicted octanol–water partition coefficient (Wildman–Crippen LogP) is 2.86. The Balaban J connectivity index is 0.000000561. The number of rotatable bonds is 2. The Morgan fingerprint density at radius 1 is 1.42 bits per heavy atom. The van der Waals surface area contributed by atoms with Crippen molar-refractivity contribution in [3.8, 4) is 0 Å². The molecule has 1 unspecified atom stereocenters. The molecule has 1 nitrogen and oxygen atoms in total. The summed E-state index contributed by atoms with van der Waals surface area (Å²) >= 11 is 0. The zero-order chi connectivity index (χ0) is 9.61. The predicted molar refractivity (Wildman–Crippen MR) is 52.2 cm³/mol. The zero-order valence-corrected chi connectivity index (χ0v) is 8.86. The average Bonchev–Trinajstić information content (AvgIpc) is 2.35. The Kier molecular flexibility index (Phi) is 5.47. The Morgan fingerprint density at radius 2 is 2.00 bits per heavy atom. The molecule has 1 rings (SSSR count). The van der Waals surface area contributed by atoms with Gasteiger partial charge in [-0.2, -0.15) is 0 Å². The third kappa shape index (κ3) is 4.05. The van der Waals surface area contributed by atoms with Crippen molar-refractivity contribution < 1.29 is 4.39 Å². The van der Waals surface area contributed by atoms with Gasteiger partial charge in [-0.3, -0.25) is 0 Å². The molecule has 0 aromatic carbocycles. The summed E-state index contributed by atoms with van der Waals surface area (Å²) in [6.45, 7) is 10.5. The molecule has 2 heteroatoms. The van der Waals surface area contributed by atoms with Crippen molar-refractivity contribution in [1.82, 2.24) is 4.90 Å². The van der Waals surface area contributed by atoms with E-state index in [2.05, 4.69) is 11.8 Å². The van der Waals surface area contributed by atoms with Crippen LogP contribution in [0.2, 0.25) is 0 Å². The van der Waals surface area contributed by atoms with Gasteiger partial charge < -0.3 is 4.90 Å². The highest BCUT2D eigenvalue weighted by Gasteiger charge is 2.32. The lowest BCUT2D eigenvalue weighted by atomic mass is 10.1. The van der Waals surface area contributed by atoms with Gasteiger partial charge in [0.15, 0.2) is 0 Å². The summed E-state index contributed by atoms with van der Waals surface area (Å²) < 4.78 is 13.1. The molecule has 0 aromatic rings. The van der Waals surface area contributed by atoms with Crippen LogP contribution in [0.25, 0.3) is 0 Å². The van der Waals surface area contributed by atoms with Gasteiger partial charge in [0.25, 0.3) is 0 Å². The third-order valence-corrected chi connectivity index (χ3v) is 2.04. The van der Waals surface area contributed by atoms with Crippen LogP contribution < -0.4 is 0 Å². The molecule has 12 heavy (non-hydrogen) atoms. The standard InChI is InChI=1S/C8H16FN.C2H6/c1-3-5-10-6-4-8(2,9)7-10;1-2/h3-7H2,1-2H3;1-2H3. The fraction of sp³-hybridized carbons (Fsp3) is 1.00. The monoisotopic (exact) mass is 175 g/mol. The minimum absolute atomic E-state index is 0.640. The first-order chi connectivity index (χ1) is 5.64. The second-order valence-electron chi connectivity index (χ2n) is 3.44. The van der Waals surface area contributed by atoms with E-state index in [9.17, 15) is 4.39 Å². The van der Waals surface area contributed by atoms with Crippen LogP contribution in [-0.2, 0) is 0 Å². The van der Waals surface area contributed by atoms with E-state index < -0.39 is 5.67 Å². The van der Waals surface area contributed by atoms with Crippen LogP contribution in [0.5, 0.6) is 0 Å². The Labute approximate surface area is 75.9 Å². The summed E-state index contributed by atoms with van der Waals surface area (Å²) in [5, 5.41) is 0. The zero-order valence-electron chi connectivity index (χ0n) is 8.86. The van der Waals surface area contributed by atoms with E-state index in [-0.39, 0.29) is 0 Å². The number of halogens is 1. The summed E-state index contributed by atoms with van der Waals surface area (Å²) in [5.41, 5.74) is -0.908. The number of nitrogens with zero attached hydrogens (tertiary/aromatic N) is 1.